The number of rotatable bonds is 6. The first-order valence-corrected chi connectivity index (χ1v) is 7.18. The predicted octanol–water partition coefficient (Wildman–Crippen LogP) is 1.12. The van der Waals surface area contributed by atoms with Gasteiger partial charge in [-0.3, -0.25) is 14.3 Å². The quantitative estimate of drug-likeness (QED) is 0.864. The van der Waals surface area contributed by atoms with E-state index in [9.17, 15) is 9.59 Å². The van der Waals surface area contributed by atoms with E-state index in [1.165, 1.54) is 23.3 Å². The van der Waals surface area contributed by atoms with E-state index in [0.717, 1.165) is 15.9 Å². The Morgan fingerprint density at radius 2 is 2.24 bits per heavy atom. The molecule has 2 heterocycles. The normalized spacial score (nSPS) is 11.0. The second-order valence-corrected chi connectivity index (χ2v) is 5.68. The molecule has 1 amide bonds. The van der Waals surface area contributed by atoms with Gasteiger partial charge in [0, 0.05) is 26.1 Å². The number of hydrogen-bond acceptors (Lipinski definition) is 5. The SMILES string of the molecule is COCCN(CC(=O)O)C(=O)c1cc2c(C)nn(C)c2s1. The topological polar surface area (TPSA) is 84.7 Å². The van der Waals surface area contributed by atoms with Crippen LogP contribution >= 0.6 is 11.3 Å². The Balaban J connectivity index is 2.28. The number of methoxy groups -OCH3 is 1. The van der Waals surface area contributed by atoms with Crippen molar-refractivity contribution in [2.45, 2.75) is 6.92 Å². The number of hydrogen-bond donors (Lipinski definition) is 1. The van der Waals surface area contributed by atoms with Gasteiger partial charge in [0.15, 0.2) is 0 Å². The van der Waals surface area contributed by atoms with Crippen molar-refractivity contribution in [3.63, 3.8) is 0 Å². The van der Waals surface area contributed by atoms with Crippen molar-refractivity contribution in [2.24, 2.45) is 7.05 Å². The van der Waals surface area contributed by atoms with Gasteiger partial charge < -0.3 is 14.7 Å². The summed E-state index contributed by atoms with van der Waals surface area (Å²) in [6, 6.07) is 1.77. The summed E-state index contributed by atoms with van der Waals surface area (Å²) in [5.74, 6) is -1.34. The predicted molar refractivity (Wildman–Crippen MR) is 78.7 cm³/mol. The molecule has 0 aliphatic rings. The number of fused-ring (bicyclic) bond motifs is 1. The van der Waals surface area contributed by atoms with E-state index in [4.69, 9.17) is 9.84 Å². The number of carboxylic acids is 1. The average molecular weight is 311 g/mol. The maximum Gasteiger partial charge on any atom is 0.323 e. The Kier molecular flexibility index (Phi) is 4.59. The zero-order valence-electron chi connectivity index (χ0n) is 12.1. The van der Waals surface area contributed by atoms with Crippen molar-refractivity contribution in [2.75, 3.05) is 26.8 Å². The molecule has 0 bridgehead atoms. The molecule has 0 saturated heterocycles. The van der Waals surface area contributed by atoms with E-state index in [1.54, 1.807) is 10.7 Å². The summed E-state index contributed by atoms with van der Waals surface area (Å²) in [4.78, 5) is 26.0. The maximum absolute atomic E-state index is 12.5. The van der Waals surface area contributed by atoms with E-state index in [-0.39, 0.29) is 19.0 Å². The third-order valence-corrected chi connectivity index (χ3v) is 4.28. The standard InChI is InChI=1S/C13H17N3O4S/c1-8-9-6-10(21-13(9)15(2)14-8)12(19)16(4-5-20-3)7-11(17)18/h6H,4-5,7H2,1-3H3,(H,17,18). The molecule has 2 aromatic heterocycles. The van der Waals surface area contributed by atoms with Gasteiger partial charge in [-0.05, 0) is 13.0 Å². The lowest BCUT2D eigenvalue weighted by atomic mass is 10.3. The summed E-state index contributed by atoms with van der Waals surface area (Å²) in [5.41, 5.74) is 0.851. The van der Waals surface area contributed by atoms with Gasteiger partial charge >= 0.3 is 5.97 Å². The third-order valence-electron chi connectivity index (χ3n) is 3.09. The first-order valence-electron chi connectivity index (χ1n) is 6.37. The van der Waals surface area contributed by atoms with Gasteiger partial charge in [0.25, 0.3) is 5.91 Å². The number of carbonyl (C=O) groups is 2. The molecule has 0 radical (unpaired) electrons. The fraction of sp³-hybridized carbons (Fsp3) is 0.462. The van der Waals surface area contributed by atoms with Gasteiger partial charge in [0.1, 0.15) is 11.4 Å². The van der Waals surface area contributed by atoms with E-state index in [1.807, 2.05) is 14.0 Å². The minimum atomic E-state index is -1.04. The Labute approximate surface area is 125 Å². The van der Waals surface area contributed by atoms with Gasteiger partial charge in [-0.25, -0.2) is 0 Å². The van der Waals surface area contributed by atoms with Crippen molar-refractivity contribution in [1.29, 1.82) is 0 Å². The number of carbonyl (C=O) groups excluding carboxylic acids is 1. The summed E-state index contributed by atoms with van der Waals surface area (Å²) in [5, 5.41) is 14.1. The van der Waals surface area contributed by atoms with E-state index >= 15 is 0 Å². The molecule has 114 valence electrons. The van der Waals surface area contributed by atoms with Crippen LogP contribution in [0.4, 0.5) is 0 Å². The Bertz CT molecular complexity index is 642. The molecule has 0 fully saturated rings. The molecule has 1 N–H and O–H groups in total. The second kappa shape index (κ2) is 6.23. The lowest BCUT2D eigenvalue weighted by molar-refractivity contribution is -0.137. The minimum Gasteiger partial charge on any atom is -0.480 e. The fourth-order valence-corrected chi connectivity index (χ4v) is 3.17. The zero-order chi connectivity index (χ0) is 15.6. The fourth-order valence-electron chi connectivity index (χ4n) is 2.08. The minimum absolute atomic E-state index is 0.243. The van der Waals surface area contributed by atoms with Gasteiger partial charge in [0.2, 0.25) is 0 Å². The van der Waals surface area contributed by atoms with Crippen LogP contribution in [0.3, 0.4) is 0 Å². The molecule has 2 aromatic rings. The highest BCUT2D eigenvalue weighted by atomic mass is 32.1. The first-order chi connectivity index (χ1) is 9.93. The monoisotopic (exact) mass is 311 g/mol. The molecular weight excluding hydrogens is 294 g/mol. The molecular formula is C13H17N3O4S. The van der Waals surface area contributed by atoms with Crippen LogP contribution in [-0.4, -0.2) is 58.5 Å². The van der Waals surface area contributed by atoms with Crippen LogP contribution in [0.5, 0.6) is 0 Å². The molecule has 0 aromatic carbocycles. The van der Waals surface area contributed by atoms with E-state index in [2.05, 4.69) is 5.10 Å². The highest BCUT2D eigenvalue weighted by molar-refractivity contribution is 7.20. The van der Waals surface area contributed by atoms with Crippen molar-refractivity contribution in [3.05, 3.63) is 16.6 Å². The molecule has 0 unspecified atom stereocenters. The van der Waals surface area contributed by atoms with Crippen molar-refractivity contribution in [1.82, 2.24) is 14.7 Å². The van der Waals surface area contributed by atoms with Crippen molar-refractivity contribution in [3.8, 4) is 0 Å². The van der Waals surface area contributed by atoms with E-state index < -0.39 is 5.97 Å². The largest absolute Gasteiger partial charge is 0.480 e. The highest BCUT2D eigenvalue weighted by Gasteiger charge is 2.22. The lowest BCUT2D eigenvalue weighted by Crippen LogP contribution is -2.37. The Morgan fingerprint density at radius 3 is 2.81 bits per heavy atom. The number of nitrogens with zero attached hydrogens (tertiary/aromatic N) is 3. The van der Waals surface area contributed by atoms with Gasteiger partial charge in [-0.1, -0.05) is 0 Å². The number of amides is 1. The smallest absolute Gasteiger partial charge is 0.323 e. The van der Waals surface area contributed by atoms with Gasteiger partial charge in [-0.15, -0.1) is 11.3 Å². The first kappa shape index (κ1) is 15.5. The molecule has 2 rings (SSSR count). The molecule has 8 heteroatoms. The maximum atomic E-state index is 12.5. The van der Waals surface area contributed by atoms with Crippen molar-refractivity contribution < 1.29 is 19.4 Å². The second-order valence-electron chi connectivity index (χ2n) is 4.65. The average Bonchev–Trinajstić information content (AvgIpc) is 2.96. The molecule has 0 saturated carbocycles. The van der Waals surface area contributed by atoms with Crippen LogP contribution < -0.4 is 0 Å². The van der Waals surface area contributed by atoms with Crippen LogP contribution in [0.25, 0.3) is 10.2 Å². The summed E-state index contributed by atoms with van der Waals surface area (Å²) in [6.07, 6.45) is 0. The number of ether oxygens (including phenoxy) is 1. The van der Waals surface area contributed by atoms with Crippen LogP contribution in [0.15, 0.2) is 6.07 Å². The molecule has 0 spiro atoms. The number of thiophene rings is 1. The number of carboxylic acid groups (broad SMARTS) is 1. The Morgan fingerprint density at radius 1 is 1.52 bits per heavy atom. The van der Waals surface area contributed by atoms with Crippen LogP contribution in [0.1, 0.15) is 15.4 Å². The lowest BCUT2D eigenvalue weighted by Gasteiger charge is -2.19. The van der Waals surface area contributed by atoms with Gasteiger partial charge in [-0.2, -0.15) is 5.10 Å². The third kappa shape index (κ3) is 3.22. The molecule has 21 heavy (non-hydrogen) atoms. The molecule has 7 nitrogen and oxygen atoms in total. The van der Waals surface area contributed by atoms with Gasteiger partial charge in [0.05, 0.1) is 17.2 Å². The highest BCUT2D eigenvalue weighted by Crippen LogP contribution is 2.28. The van der Waals surface area contributed by atoms with Crippen molar-refractivity contribution >= 4 is 33.4 Å². The summed E-state index contributed by atoms with van der Waals surface area (Å²) < 4.78 is 6.65. The van der Waals surface area contributed by atoms with Crippen LogP contribution in [0, 0.1) is 6.92 Å². The molecule has 0 aliphatic heterocycles. The summed E-state index contributed by atoms with van der Waals surface area (Å²) in [7, 11) is 3.33. The van der Waals surface area contributed by atoms with Crippen LogP contribution in [0.2, 0.25) is 0 Å². The number of aromatic nitrogens is 2. The molecule has 0 atom stereocenters. The zero-order valence-corrected chi connectivity index (χ0v) is 12.9. The number of aliphatic carboxylic acids is 1. The van der Waals surface area contributed by atoms with Crippen LogP contribution in [-0.2, 0) is 16.6 Å². The number of aryl methyl sites for hydroxylation is 2. The van der Waals surface area contributed by atoms with E-state index in [0.29, 0.717) is 11.5 Å². The summed E-state index contributed by atoms with van der Waals surface area (Å²) in [6.45, 7) is 2.08. The summed E-state index contributed by atoms with van der Waals surface area (Å²) >= 11 is 1.32. The Hall–Kier alpha value is -1.93. The molecule has 0 aliphatic carbocycles.